The second kappa shape index (κ2) is 10.3. The zero-order valence-electron chi connectivity index (χ0n) is 19.0. The van der Waals surface area contributed by atoms with E-state index in [0.29, 0.717) is 28.4 Å². The van der Waals surface area contributed by atoms with Gasteiger partial charge in [-0.25, -0.2) is 8.42 Å². The highest BCUT2D eigenvalue weighted by atomic mass is 32.2. The van der Waals surface area contributed by atoms with Crippen LogP contribution in [-0.4, -0.2) is 47.1 Å². The van der Waals surface area contributed by atoms with E-state index in [1.54, 1.807) is 30.4 Å². The van der Waals surface area contributed by atoms with Gasteiger partial charge < -0.3 is 29.2 Å². The second-order valence-electron chi connectivity index (χ2n) is 6.97. The first-order valence-corrected chi connectivity index (χ1v) is 11.4. The molecule has 0 heterocycles. The molecule has 3 aromatic carbocycles. The predicted octanol–water partition coefficient (Wildman–Crippen LogP) is 4.10. The Labute approximate surface area is 197 Å². The van der Waals surface area contributed by atoms with E-state index in [0.717, 1.165) is 0 Å². The number of anilines is 1. The number of phenols is 2. The van der Waals surface area contributed by atoms with Gasteiger partial charge in [-0.2, -0.15) is 0 Å². The van der Waals surface area contributed by atoms with E-state index in [9.17, 15) is 18.6 Å². The van der Waals surface area contributed by atoms with E-state index >= 15 is 0 Å². The fourth-order valence-corrected chi connectivity index (χ4v) is 4.33. The molecule has 0 aliphatic rings. The van der Waals surface area contributed by atoms with Gasteiger partial charge in [0.25, 0.3) is 10.0 Å². The highest BCUT2D eigenvalue weighted by molar-refractivity contribution is 7.92. The van der Waals surface area contributed by atoms with Crippen LogP contribution in [-0.2, 0) is 10.0 Å². The topological polar surface area (TPSA) is 124 Å². The standard InChI is InChI=1S/C24H25NO8S/c1-30-20-13-15(14-21(31-2)24(20)33-4)5-6-16-7-12-19(27)23(32-3)22(16)25-34(28,29)18-10-8-17(26)9-11-18/h5-14,25-27H,1-4H3. The molecule has 180 valence electrons. The maximum absolute atomic E-state index is 13.0. The summed E-state index contributed by atoms with van der Waals surface area (Å²) in [6.07, 6.45) is 3.37. The zero-order valence-corrected chi connectivity index (χ0v) is 19.8. The quantitative estimate of drug-likeness (QED) is 0.386. The number of aromatic hydroxyl groups is 2. The molecule has 0 atom stereocenters. The molecule has 3 rings (SSSR count). The Bertz CT molecular complexity index is 1280. The van der Waals surface area contributed by atoms with Gasteiger partial charge in [0.2, 0.25) is 5.75 Å². The van der Waals surface area contributed by atoms with Crippen molar-refractivity contribution in [3.8, 4) is 34.5 Å². The maximum atomic E-state index is 13.0. The molecule has 0 aromatic heterocycles. The molecule has 0 spiro atoms. The molecule has 0 fully saturated rings. The molecule has 0 aliphatic heterocycles. The lowest BCUT2D eigenvalue weighted by molar-refractivity contribution is 0.324. The van der Waals surface area contributed by atoms with Gasteiger partial charge in [0.05, 0.1) is 33.3 Å². The molecular formula is C24H25NO8S. The van der Waals surface area contributed by atoms with Gasteiger partial charge in [0, 0.05) is 5.56 Å². The van der Waals surface area contributed by atoms with E-state index in [2.05, 4.69) is 4.72 Å². The summed E-state index contributed by atoms with van der Waals surface area (Å²) >= 11 is 0. The molecule has 3 N–H and O–H groups in total. The monoisotopic (exact) mass is 487 g/mol. The van der Waals surface area contributed by atoms with Gasteiger partial charge in [-0.05, 0) is 54.1 Å². The molecule has 0 bridgehead atoms. The first-order valence-electron chi connectivity index (χ1n) is 9.94. The molecule has 0 saturated carbocycles. The molecule has 0 unspecified atom stereocenters. The lowest BCUT2D eigenvalue weighted by Crippen LogP contribution is -2.14. The summed E-state index contributed by atoms with van der Waals surface area (Å²) in [5, 5.41) is 19.7. The summed E-state index contributed by atoms with van der Waals surface area (Å²) in [5.41, 5.74) is 1.15. The van der Waals surface area contributed by atoms with Gasteiger partial charge in [-0.3, -0.25) is 4.72 Å². The molecule has 9 nitrogen and oxygen atoms in total. The van der Waals surface area contributed by atoms with Gasteiger partial charge in [-0.1, -0.05) is 12.2 Å². The van der Waals surface area contributed by atoms with Crippen molar-refractivity contribution < 1.29 is 37.6 Å². The summed E-state index contributed by atoms with van der Waals surface area (Å²) in [4.78, 5) is -0.0738. The second-order valence-corrected chi connectivity index (χ2v) is 8.66. The van der Waals surface area contributed by atoms with Gasteiger partial charge in [0.15, 0.2) is 23.0 Å². The number of rotatable bonds is 9. The summed E-state index contributed by atoms with van der Waals surface area (Å²) in [7, 11) is 1.78. The Kier molecular flexibility index (Phi) is 7.42. The van der Waals surface area contributed by atoms with Gasteiger partial charge >= 0.3 is 0 Å². The van der Waals surface area contributed by atoms with Crippen molar-refractivity contribution in [2.75, 3.05) is 33.2 Å². The Morgan fingerprint density at radius 1 is 0.765 bits per heavy atom. The number of sulfonamides is 1. The van der Waals surface area contributed by atoms with Crippen molar-refractivity contribution in [1.82, 2.24) is 0 Å². The Hall–Kier alpha value is -4.05. The average Bonchev–Trinajstić information content (AvgIpc) is 2.83. The first kappa shape index (κ1) is 24.6. The van der Waals surface area contributed by atoms with Crippen molar-refractivity contribution in [3.63, 3.8) is 0 Å². The first-order chi connectivity index (χ1) is 16.2. The zero-order chi connectivity index (χ0) is 24.9. The SMILES string of the molecule is COc1cc(C=Cc2ccc(O)c(OC)c2NS(=O)(=O)c2ccc(O)cc2)cc(OC)c1OC. The van der Waals surface area contributed by atoms with Gasteiger partial charge in [0.1, 0.15) is 11.4 Å². The Balaban J connectivity index is 2.07. The van der Waals surface area contributed by atoms with E-state index in [-0.39, 0.29) is 27.8 Å². The predicted molar refractivity (Wildman–Crippen MR) is 129 cm³/mol. The van der Waals surface area contributed by atoms with Crippen molar-refractivity contribution in [2.45, 2.75) is 4.90 Å². The largest absolute Gasteiger partial charge is 0.508 e. The molecule has 0 aliphatic carbocycles. The van der Waals surface area contributed by atoms with Crippen LogP contribution in [0, 0.1) is 0 Å². The van der Waals surface area contributed by atoms with E-state index in [4.69, 9.17) is 18.9 Å². The minimum atomic E-state index is -4.06. The van der Waals surface area contributed by atoms with E-state index < -0.39 is 10.0 Å². The number of ether oxygens (including phenoxy) is 4. The highest BCUT2D eigenvalue weighted by Gasteiger charge is 2.21. The molecule has 34 heavy (non-hydrogen) atoms. The minimum absolute atomic E-state index is 0.0410. The Morgan fingerprint density at radius 3 is 1.88 bits per heavy atom. The van der Waals surface area contributed by atoms with Crippen LogP contribution in [0.2, 0.25) is 0 Å². The number of methoxy groups -OCH3 is 4. The van der Waals surface area contributed by atoms with E-state index in [1.807, 2.05) is 0 Å². The number of benzene rings is 3. The van der Waals surface area contributed by atoms with Crippen molar-refractivity contribution in [2.24, 2.45) is 0 Å². The summed E-state index contributed by atoms with van der Waals surface area (Å²) in [6.45, 7) is 0. The molecule has 10 heteroatoms. The van der Waals surface area contributed by atoms with Crippen molar-refractivity contribution >= 4 is 27.9 Å². The number of hydrogen-bond donors (Lipinski definition) is 3. The van der Waals surface area contributed by atoms with E-state index in [1.165, 1.54) is 58.8 Å². The fraction of sp³-hybridized carbons (Fsp3) is 0.167. The minimum Gasteiger partial charge on any atom is -0.508 e. The lowest BCUT2D eigenvalue weighted by Gasteiger charge is -2.16. The van der Waals surface area contributed by atoms with Crippen LogP contribution in [0.3, 0.4) is 0 Å². The molecule has 0 amide bonds. The van der Waals surface area contributed by atoms with Crippen molar-refractivity contribution in [3.05, 3.63) is 59.7 Å². The fourth-order valence-electron chi connectivity index (χ4n) is 3.24. The van der Waals surface area contributed by atoms with Crippen LogP contribution in [0.25, 0.3) is 12.2 Å². The van der Waals surface area contributed by atoms with Crippen LogP contribution in [0.15, 0.2) is 53.4 Å². The highest BCUT2D eigenvalue weighted by Crippen LogP contribution is 2.41. The van der Waals surface area contributed by atoms with Crippen LogP contribution < -0.4 is 23.7 Å². The normalized spacial score (nSPS) is 11.3. The maximum Gasteiger partial charge on any atom is 0.262 e. The number of phenolic OH excluding ortho intramolecular Hbond substituents is 2. The summed E-state index contributed by atoms with van der Waals surface area (Å²) in [5.74, 6) is 1.000. The third-order valence-electron chi connectivity index (χ3n) is 4.90. The molecular weight excluding hydrogens is 462 g/mol. The Morgan fingerprint density at radius 2 is 1.35 bits per heavy atom. The smallest absolute Gasteiger partial charge is 0.262 e. The third-order valence-corrected chi connectivity index (χ3v) is 6.26. The number of nitrogens with one attached hydrogen (secondary N) is 1. The third kappa shape index (κ3) is 5.12. The van der Waals surface area contributed by atoms with Crippen LogP contribution >= 0.6 is 0 Å². The molecule has 0 saturated heterocycles. The van der Waals surface area contributed by atoms with Crippen LogP contribution in [0.4, 0.5) is 5.69 Å². The summed E-state index contributed by atoms with van der Waals surface area (Å²) in [6, 6.07) is 11.5. The number of hydrogen-bond acceptors (Lipinski definition) is 8. The van der Waals surface area contributed by atoms with Crippen LogP contribution in [0.1, 0.15) is 11.1 Å². The summed E-state index contributed by atoms with van der Waals surface area (Å²) < 4.78 is 49.7. The molecule has 0 radical (unpaired) electrons. The van der Waals surface area contributed by atoms with Crippen LogP contribution in [0.5, 0.6) is 34.5 Å². The lowest BCUT2D eigenvalue weighted by atomic mass is 10.1. The van der Waals surface area contributed by atoms with Gasteiger partial charge in [-0.15, -0.1) is 0 Å². The molecule has 3 aromatic rings. The average molecular weight is 488 g/mol. The van der Waals surface area contributed by atoms with Crippen molar-refractivity contribution in [1.29, 1.82) is 0 Å².